The molecule has 0 saturated heterocycles. The average molecular weight is 499 g/mol. The van der Waals surface area contributed by atoms with Crippen LogP contribution in [0.3, 0.4) is 0 Å². The minimum absolute atomic E-state index is 0.0120. The lowest BCUT2D eigenvalue weighted by molar-refractivity contribution is 0.0953. The van der Waals surface area contributed by atoms with Gasteiger partial charge in [-0.3, -0.25) is 15.1 Å². The van der Waals surface area contributed by atoms with E-state index < -0.39 is 18.0 Å². The lowest BCUT2D eigenvalue weighted by atomic mass is 10.2. The summed E-state index contributed by atoms with van der Waals surface area (Å²) in [6, 6.07) is 6.13. The van der Waals surface area contributed by atoms with Crippen molar-refractivity contribution < 1.29 is 18.7 Å². The molecule has 35 heavy (non-hydrogen) atoms. The number of nitrogens with zero attached hydrogens (tertiary/aromatic N) is 6. The summed E-state index contributed by atoms with van der Waals surface area (Å²) in [5.74, 6) is -0.796. The Morgan fingerprint density at radius 3 is 2.80 bits per heavy atom. The summed E-state index contributed by atoms with van der Waals surface area (Å²) in [6.45, 7) is 5.34. The van der Waals surface area contributed by atoms with Gasteiger partial charge in [-0.2, -0.15) is 5.26 Å². The molecular formula is C22H20ClFN8O3. The van der Waals surface area contributed by atoms with E-state index in [-0.39, 0.29) is 34.7 Å². The number of carbonyl (C=O) groups is 2. The minimum Gasteiger partial charge on any atom is -0.441 e. The van der Waals surface area contributed by atoms with Crippen LogP contribution in [-0.2, 0) is 11.8 Å². The van der Waals surface area contributed by atoms with Crippen LogP contribution in [0.25, 0.3) is 11.4 Å². The third kappa shape index (κ3) is 6.36. The standard InChI is InChI=1S/C22H20ClFN8O3/c1-12(9-25)6-7-26-21(33)14-4-5-17(27-10-14)18-20(32(3)31-30-18)29-22(34)35-13(2)16-8-15(24)11-28-19(16)23/h4-5,8,10-11,13H,1,6-7H2,2-3H3,(H,26,33)(H,29,34)/t13-/m1/s1. The van der Waals surface area contributed by atoms with Crippen molar-refractivity contribution in [2.45, 2.75) is 19.4 Å². The summed E-state index contributed by atoms with van der Waals surface area (Å²) in [5.41, 5.74) is 1.44. The number of anilines is 1. The molecule has 3 aromatic heterocycles. The number of nitrogens with one attached hydrogen (secondary N) is 2. The number of aromatic nitrogens is 5. The van der Waals surface area contributed by atoms with E-state index in [4.69, 9.17) is 21.6 Å². The van der Waals surface area contributed by atoms with Crippen LogP contribution in [0.4, 0.5) is 15.0 Å². The molecule has 3 heterocycles. The van der Waals surface area contributed by atoms with Crippen LogP contribution >= 0.6 is 11.6 Å². The first-order valence-electron chi connectivity index (χ1n) is 10.2. The Labute approximate surface area is 204 Å². The molecular weight excluding hydrogens is 479 g/mol. The monoisotopic (exact) mass is 498 g/mol. The Kier molecular flexibility index (Phi) is 8.06. The Morgan fingerprint density at radius 2 is 2.11 bits per heavy atom. The van der Waals surface area contributed by atoms with Crippen LogP contribution in [0.15, 0.2) is 42.7 Å². The number of hydrogen-bond acceptors (Lipinski definition) is 8. The molecule has 0 saturated carbocycles. The van der Waals surface area contributed by atoms with E-state index in [1.54, 1.807) is 13.1 Å². The highest BCUT2D eigenvalue weighted by Crippen LogP contribution is 2.27. The van der Waals surface area contributed by atoms with Crippen LogP contribution in [0.1, 0.15) is 35.4 Å². The third-order valence-electron chi connectivity index (χ3n) is 4.74. The molecule has 11 nitrogen and oxygen atoms in total. The minimum atomic E-state index is -0.892. The average Bonchev–Trinajstić information content (AvgIpc) is 3.20. The molecule has 0 aliphatic rings. The van der Waals surface area contributed by atoms with Gasteiger partial charge in [-0.1, -0.05) is 23.4 Å². The molecule has 2 amide bonds. The van der Waals surface area contributed by atoms with Crippen LogP contribution < -0.4 is 10.6 Å². The molecule has 0 aromatic carbocycles. The number of ether oxygens (including phenoxy) is 1. The number of pyridine rings is 2. The van der Waals surface area contributed by atoms with Crippen molar-refractivity contribution in [2.24, 2.45) is 7.05 Å². The summed E-state index contributed by atoms with van der Waals surface area (Å²) >= 11 is 5.96. The SMILES string of the molecule is C=C(C#N)CCNC(=O)c1ccc(-c2nnn(C)c2NC(=O)O[C@H](C)c2cc(F)cnc2Cl)nc1. The van der Waals surface area contributed by atoms with Gasteiger partial charge in [0.15, 0.2) is 11.5 Å². The van der Waals surface area contributed by atoms with Crippen molar-refractivity contribution in [1.82, 2.24) is 30.3 Å². The number of rotatable bonds is 8. The number of nitriles is 1. The molecule has 2 N–H and O–H groups in total. The molecule has 3 aromatic rings. The first kappa shape index (κ1) is 25.3. The summed E-state index contributed by atoms with van der Waals surface area (Å²) in [4.78, 5) is 32.7. The van der Waals surface area contributed by atoms with Crippen LogP contribution in [-0.4, -0.2) is 43.5 Å². The maximum Gasteiger partial charge on any atom is 0.413 e. The fraction of sp³-hybridized carbons (Fsp3) is 0.227. The second-order valence-electron chi connectivity index (χ2n) is 7.27. The molecule has 0 aliphatic carbocycles. The van der Waals surface area contributed by atoms with Crippen LogP contribution in [0, 0.1) is 17.1 Å². The highest BCUT2D eigenvalue weighted by molar-refractivity contribution is 6.30. The van der Waals surface area contributed by atoms with Gasteiger partial charge in [-0.25, -0.2) is 18.9 Å². The zero-order valence-electron chi connectivity index (χ0n) is 18.7. The van der Waals surface area contributed by atoms with E-state index in [0.717, 1.165) is 12.3 Å². The number of halogens is 2. The van der Waals surface area contributed by atoms with E-state index in [1.807, 2.05) is 6.07 Å². The molecule has 180 valence electrons. The topological polar surface area (TPSA) is 148 Å². The fourth-order valence-corrected chi connectivity index (χ4v) is 3.15. The van der Waals surface area contributed by atoms with Crippen molar-refractivity contribution in [1.29, 1.82) is 5.26 Å². The smallest absolute Gasteiger partial charge is 0.413 e. The quantitative estimate of drug-likeness (QED) is 0.353. The van der Waals surface area contributed by atoms with E-state index in [0.29, 0.717) is 23.3 Å². The maximum absolute atomic E-state index is 13.5. The Hall–Kier alpha value is -4.37. The summed E-state index contributed by atoms with van der Waals surface area (Å²) in [5, 5.41) is 21.8. The largest absolute Gasteiger partial charge is 0.441 e. The Balaban J connectivity index is 1.68. The van der Waals surface area contributed by atoms with Gasteiger partial charge in [0.2, 0.25) is 0 Å². The predicted molar refractivity (Wildman–Crippen MR) is 124 cm³/mol. The maximum atomic E-state index is 13.5. The lowest BCUT2D eigenvalue weighted by Gasteiger charge is -2.15. The van der Waals surface area contributed by atoms with Crippen molar-refractivity contribution in [3.63, 3.8) is 0 Å². The normalized spacial score (nSPS) is 11.3. The summed E-state index contributed by atoms with van der Waals surface area (Å²) in [6.07, 6.45) is 0.900. The van der Waals surface area contributed by atoms with Crippen molar-refractivity contribution in [2.75, 3.05) is 11.9 Å². The second-order valence-corrected chi connectivity index (χ2v) is 7.63. The molecule has 0 unspecified atom stereocenters. The van der Waals surface area contributed by atoms with Crippen LogP contribution in [0.2, 0.25) is 5.15 Å². The lowest BCUT2D eigenvalue weighted by Crippen LogP contribution is -2.24. The molecule has 3 rings (SSSR count). The van der Waals surface area contributed by atoms with Crippen molar-refractivity contribution >= 4 is 29.4 Å². The molecule has 0 radical (unpaired) electrons. The highest BCUT2D eigenvalue weighted by atomic mass is 35.5. The van der Waals surface area contributed by atoms with Crippen LogP contribution in [0.5, 0.6) is 0 Å². The Bertz CT molecular complexity index is 1300. The molecule has 0 aliphatic heterocycles. The van der Waals surface area contributed by atoms with Gasteiger partial charge >= 0.3 is 6.09 Å². The number of aryl methyl sites for hydroxylation is 1. The molecule has 13 heteroatoms. The van der Waals surface area contributed by atoms with E-state index in [2.05, 4.69) is 37.5 Å². The fourth-order valence-electron chi connectivity index (χ4n) is 2.90. The van der Waals surface area contributed by atoms with Gasteiger partial charge in [0.25, 0.3) is 5.91 Å². The van der Waals surface area contributed by atoms with Crippen molar-refractivity contribution in [3.05, 3.63) is 64.8 Å². The van der Waals surface area contributed by atoms with Gasteiger partial charge in [0, 0.05) is 30.9 Å². The van der Waals surface area contributed by atoms with Gasteiger partial charge in [-0.05, 0) is 31.5 Å². The van der Waals surface area contributed by atoms with Gasteiger partial charge < -0.3 is 10.1 Å². The Morgan fingerprint density at radius 1 is 1.34 bits per heavy atom. The molecule has 0 fully saturated rings. The summed E-state index contributed by atoms with van der Waals surface area (Å²) < 4.78 is 20.1. The first-order chi connectivity index (χ1) is 16.7. The zero-order chi connectivity index (χ0) is 25.5. The third-order valence-corrected chi connectivity index (χ3v) is 5.06. The van der Waals surface area contributed by atoms with E-state index in [9.17, 15) is 14.0 Å². The summed E-state index contributed by atoms with van der Waals surface area (Å²) in [7, 11) is 1.56. The van der Waals surface area contributed by atoms with Gasteiger partial charge in [-0.15, -0.1) is 5.10 Å². The predicted octanol–water partition coefficient (Wildman–Crippen LogP) is 3.57. The number of hydrogen-bond donors (Lipinski definition) is 2. The molecule has 0 bridgehead atoms. The van der Waals surface area contributed by atoms with Gasteiger partial charge in [0.05, 0.1) is 23.5 Å². The number of amides is 2. The first-order valence-corrected chi connectivity index (χ1v) is 10.6. The molecule has 0 spiro atoms. The van der Waals surface area contributed by atoms with Gasteiger partial charge in [0.1, 0.15) is 17.1 Å². The van der Waals surface area contributed by atoms with Crippen molar-refractivity contribution in [3.8, 4) is 17.5 Å². The second kappa shape index (κ2) is 11.2. The van der Waals surface area contributed by atoms with E-state index >= 15 is 0 Å². The highest BCUT2D eigenvalue weighted by Gasteiger charge is 2.21. The number of carbonyl (C=O) groups excluding carboxylic acids is 2. The zero-order valence-corrected chi connectivity index (χ0v) is 19.5. The molecule has 1 atom stereocenters. The van der Waals surface area contributed by atoms with E-state index in [1.165, 1.54) is 23.9 Å².